The van der Waals surface area contributed by atoms with Gasteiger partial charge in [-0.05, 0) is 49.6 Å². The largest absolute Gasteiger partial charge is 0.493 e. The number of hydrogen-bond donors (Lipinski definition) is 0. The standard InChI is InChI=1S/C18H20O3/c1-4-14-11-10-13(3)17(12-14)21-18(19)15-8-6-7-9-16(15)20-5-2/h6-12H,4-5H2,1-3H3. The maximum Gasteiger partial charge on any atom is 0.347 e. The van der Waals surface area contributed by atoms with Gasteiger partial charge in [0.25, 0.3) is 0 Å². The minimum atomic E-state index is -0.393. The summed E-state index contributed by atoms with van der Waals surface area (Å²) in [5.74, 6) is 0.760. The van der Waals surface area contributed by atoms with Gasteiger partial charge in [0.1, 0.15) is 17.1 Å². The van der Waals surface area contributed by atoms with Gasteiger partial charge in [0.2, 0.25) is 0 Å². The van der Waals surface area contributed by atoms with Crippen LogP contribution < -0.4 is 9.47 Å². The molecule has 0 saturated heterocycles. The van der Waals surface area contributed by atoms with Gasteiger partial charge in [-0.1, -0.05) is 31.2 Å². The number of para-hydroxylation sites is 1. The van der Waals surface area contributed by atoms with Crippen LogP contribution in [0.2, 0.25) is 0 Å². The molecule has 2 aromatic rings. The van der Waals surface area contributed by atoms with Crippen molar-refractivity contribution >= 4 is 5.97 Å². The molecule has 3 nitrogen and oxygen atoms in total. The van der Waals surface area contributed by atoms with Crippen LogP contribution in [0.1, 0.15) is 35.3 Å². The Morgan fingerprint density at radius 1 is 1.05 bits per heavy atom. The van der Waals surface area contributed by atoms with Crippen LogP contribution >= 0.6 is 0 Å². The first-order valence-corrected chi connectivity index (χ1v) is 7.19. The van der Waals surface area contributed by atoms with Gasteiger partial charge in [-0.2, -0.15) is 0 Å². The van der Waals surface area contributed by atoms with Crippen molar-refractivity contribution in [3.63, 3.8) is 0 Å². The maximum atomic E-state index is 12.4. The smallest absolute Gasteiger partial charge is 0.347 e. The minimum Gasteiger partial charge on any atom is -0.493 e. The third kappa shape index (κ3) is 3.63. The van der Waals surface area contributed by atoms with Crippen LogP contribution in [-0.4, -0.2) is 12.6 Å². The second-order valence-corrected chi connectivity index (χ2v) is 4.77. The molecule has 110 valence electrons. The molecule has 0 aliphatic carbocycles. The molecule has 0 spiro atoms. The van der Waals surface area contributed by atoms with Crippen molar-refractivity contribution in [3.05, 3.63) is 59.2 Å². The highest BCUT2D eigenvalue weighted by molar-refractivity contribution is 5.94. The van der Waals surface area contributed by atoms with Crippen molar-refractivity contribution in [1.29, 1.82) is 0 Å². The monoisotopic (exact) mass is 284 g/mol. The van der Waals surface area contributed by atoms with Crippen LogP contribution in [0.25, 0.3) is 0 Å². The molecular weight excluding hydrogens is 264 g/mol. The summed E-state index contributed by atoms with van der Waals surface area (Å²) in [5, 5.41) is 0. The van der Waals surface area contributed by atoms with E-state index >= 15 is 0 Å². The zero-order chi connectivity index (χ0) is 15.2. The topological polar surface area (TPSA) is 35.5 Å². The van der Waals surface area contributed by atoms with Crippen molar-refractivity contribution in [1.82, 2.24) is 0 Å². The molecule has 0 bridgehead atoms. The predicted octanol–water partition coefficient (Wildman–Crippen LogP) is 4.18. The van der Waals surface area contributed by atoms with Crippen LogP contribution in [0.3, 0.4) is 0 Å². The number of carbonyl (C=O) groups is 1. The molecule has 0 aromatic heterocycles. The van der Waals surface area contributed by atoms with Crippen LogP contribution in [-0.2, 0) is 6.42 Å². The Balaban J connectivity index is 2.26. The summed E-state index contributed by atoms with van der Waals surface area (Å²) in [6.07, 6.45) is 0.903. The molecule has 2 aromatic carbocycles. The summed E-state index contributed by atoms with van der Waals surface area (Å²) in [5.41, 5.74) is 2.52. The fraction of sp³-hybridized carbons (Fsp3) is 0.278. The summed E-state index contributed by atoms with van der Waals surface area (Å²) in [7, 11) is 0. The fourth-order valence-electron chi connectivity index (χ4n) is 2.05. The molecule has 0 aliphatic rings. The molecule has 0 heterocycles. The summed E-state index contributed by atoms with van der Waals surface area (Å²) < 4.78 is 11.0. The van der Waals surface area contributed by atoms with Gasteiger partial charge in [0.05, 0.1) is 6.61 Å². The zero-order valence-corrected chi connectivity index (χ0v) is 12.7. The minimum absolute atomic E-state index is 0.393. The molecule has 0 amide bonds. The first kappa shape index (κ1) is 15.1. The van der Waals surface area contributed by atoms with Gasteiger partial charge in [-0.15, -0.1) is 0 Å². The number of benzene rings is 2. The number of aryl methyl sites for hydroxylation is 2. The highest BCUT2D eigenvalue weighted by atomic mass is 16.5. The lowest BCUT2D eigenvalue weighted by Crippen LogP contribution is -2.11. The molecule has 0 aliphatic heterocycles. The van der Waals surface area contributed by atoms with E-state index in [1.54, 1.807) is 18.2 Å². The quantitative estimate of drug-likeness (QED) is 0.610. The lowest BCUT2D eigenvalue weighted by molar-refractivity contribution is 0.0729. The Bertz CT molecular complexity index is 632. The average Bonchev–Trinajstić information content (AvgIpc) is 2.50. The van der Waals surface area contributed by atoms with E-state index in [4.69, 9.17) is 9.47 Å². The van der Waals surface area contributed by atoms with Gasteiger partial charge < -0.3 is 9.47 Å². The number of esters is 1. The van der Waals surface area contributed by atoms with Crippen molar-refractivity contribution in [2.24, 2.45) is 0 Å². The summed E-state index contributed by atoms with van der Waals surface area (Å²) >= 11 is 0. The lowest BCUT2D eigenvalue weighted by Gasteiger charge is -2.11. The molecule has 0 N–H and O–H groups in total. The Labute approximate surface area is 125 Å². The molecule has 2 rings (SSSR count). The van der Waals surface area contributed by atoms with E-state index < -0.39 is 5.97 Å². The maximum absolute atomic E-state index is 12.4. The second kappa shape index (κ2) is 6.93. The third-order valence-electron chi connectivity index (χ3n) is 3.27. The predicted molar refractivity (Wildman–Crippen MR) is 83.1 cm³/mol. The van der Waals surface area contributed by atoms with Gasteiger partial charge in [0.15, 0.2) is 0 Å². The van der Waals surface area contributed by atoms with E-state index in [0.717, 1.165) is 17.5 Å². The second-order valence-electron chi connectivity index (χ2n) is 4.77. The SMILES string of the molecule is CCOc1ccccc1C(=O)Oc1cc(CC)ccc1C. The molecule has 21 heavy (non-hydrogen) atoms. The zero-order valence-electron chi connectivity index (χ0n) is 12.7. The highest BCUT2D eigenvalue weighted by Gasteiger charge is 2.15. The lowest BCUT2D eigenvalue weighted by atomic mass is 10.1. The first-order valence-electron chi connectivity index (χ1n) is 7.19. The molecule has 0 unspecified atom stereocenters. The van der Waals surface area contributed by atoms with Gasteiger partial charge in [-0.3, -0.25) is 0 Å². The Morgan fingerprint density at radius 2 is 1.81 bits per heavy atom. The van der Waals surface area contributed by atoms with Crippen molar-refractivity contribution < 1.29 is 14.3 Å². The van der Waals surface area contributed by atoms with Crippen molar-refractivity contribution in [3.8, 4) is 11.5 Å². The van der Waals surface area contributed by atoms with E-state index in [0.29, 0.717) is 23.7 Å². The fourth-order valence-corrected chi connectivity index (χ4v) is 2.05. The molecule has 3 heteroatoms. The van der Waals surface area contributed by atoms with Gasteiger partial charge >= 0.3 is 5.97 Å². The van der Waals surface area contributed by atoms with Crippen LogP contribution in [0.5, 0.6) is 11.5 Å². The number of rotatable bonds is 5. The Kier molecular flexibility index (Phi) is 4.99. The van der Waals surface area contributed by atoms with E-state index in [1.165, 1.54) is 0 Å². The first-order chi connectivity index (χ1) is 10.2. The van der Waals surface area contributed by atoms with Gasteiger partial charge in [0, 0.05) is 0 Å². The van der Waals surface area contributed by atoms with Crippen LogP contribution in [0.15, 0.2) is 42.5 Å². The molecule has 0 radical (unpaired) electrons. The number of carbonyl (C=O) groups excluding carboxylic acids is 1. The number of ether oxygens (including phenoxy) is 2. The van der Waals surface area contributed by atoms with E-state index in [-0.39, 0.29) is 0 Å². The van der Waals surface area contributed by atoms with Crippen molar-refractivity contribution in [2.45, 2.75) is 27.2 Å². The van der Waals surface area contributed by atoms with Gasteiger partial charge in [-0.25, -0.2) is 4.79 Å². The molecular formula is C18H20O3. The molecule has 0 fully saturated rings. The molecule has 0 saturated carbocycles. The number of hydrogen-bond acceptors (Lipinski definition) is 3. The van der Waals surface area contributed by atoms with E-state index in [9.17, 15) is 4.79 Å². The normalized spacial score (nSPS) is 10.2. The van der Waals surface area contributed by atoms with E-state index in [2.05, 4.69) is 6.92 Å². The third-order valence-corrected chi connectivity index (χ3v) is 3.27. The highest BCUT2D eigenvalue weighted by Crippen LogP contribution is 2.24. The van der Waals surface area contributed by atoms with Crippen LogP contribution in [0, 0.1) is 6.92 Å². The summed E-state index contributed by atoms with van der Waals surface area (Å²) in [6, 6.07) is 13.0. The average molecular weight is 284 g/mol. The summed E-state index contributed by atoms with van der Waals surface area (Å²) in [4.78, 5) is 12.4. The Morgan fingerprint density at radius 3 is 2.52 bits per heavy atom. The Hall–Kier alpha value is -2.29. The molecule has 0 atom stereocenters. The van der Waals surface area contributed by atoms with E-state index in [1.807, 2.05) is 38.1 Å². The van der Waals surface area contributed by atoms with Crippen LogP contribution in [0.4, 0.5) is 0 Å². The van der Waals surface area contributed by atoms with Crippen molar-refractivity contribution in [2.75, 3.05) is 6.61 Å². The summed E-state index contributed by atoms with van der Waals surface area (Å²) in [6.45, 7) is 6.39.